The third-order valence-corrected chi connectivity index (χ3v) is 2.39. The first-order valence-electron chi connectivity index (χ1n) is 3.61. The number of benzene rings is 1. The lowest BCUT2D eigenvalue weighted by Gasteiger charge is -1.95. The summed E-state index contributed by atoms with van der Waals surface area (Å²) in [6.07, 6.45) is 0. The highest BCUT2D eigenvalue weighted by Gasteiger charge is 2.07. The molecule has 0 atom stereocenters. The average molecular weight is 237 g/mol. The first kappa shape index (κ1) is 8.20. The predicted molar refractivity (Wildman–Crippen MR) is 50.9 cm³/mol. The van der Waals surface area contributed by atoms with Crippen LogP contribution in [0.3, 0.4) is 0 Å². The van der Waals surface area contributed by atoms with E-state index >= 15 is 0 Å². The van der Waals surface area contributed by atoms with Gasteiger partial charge < -0.3 is 0 Å². The number of fused-ring (bicyclic) bond motifs is 1. The minimum atomic E-state index is 0.583. The van der Waals surface area contributed by atoms with E-state index in [0.29, 0.717) is 5.56 Å². The number of rotatable bonds is 0. The summed E-state index contributed by atoms with van der Waals surface area (Å²) in [5, 5.41) is 16.5. The summed E-state index contributed by atoms with van der Waals surface area (Å²) in [7, 11) is 1.81. The Morgan fingerprint density at radius 1 is 1.54 bits per heavy atom. The van der Waals surface area contributed by atoms with Crippen LogP contribution in [-0.4, -0.2) is 15.0 Å². The average Bonchev–Trinajstić information content (AvgIpc) is 2.48. The highest BCUT2D eigenvalue weighted by Crippen LogP contribution is 2.23. The zero-order chi connectivity index (χ0) is 9.42. The zero-order valence-electron chi connectivity index (χ0n) is 6.82. The second-order valence-corrected chi connectivity index (χ2v) is 3.50. The van der Waals surface area contributed by atoms with Crippen LogP contribution in [0.5, 0.6) is 0 Å². The molecule has 13 heavy (non-hydrogen) atoms. The van der Waals surface area contributed by atoms with Gasteiger partial charge in [-0.1, -0.05) is 5.21 Å². The maximum atomic E-state index is 8.70. The number of nitriles is 1. The topological polar surface area (TPSA) is 54.5 Å². The summed E-state index contributed by atoms with van der Waals surface area (Å²) >= 11 is 3.37. The van der Waals surface area contributed by atoms with E-state index in [0.717, 1.165) is 15.5 Å². The Bertz CT molecular complexity index is 509. The van der Waals surface area contributed by atoms with E-state index in [9.17, 15) is 0 Å². The molecule has 0 spiro atoms. The molecule has 64 valence electrons. The van der Waals surface area contributed by atoms with E-state index in [1.54, 1.807) is 16.8 Å². The number of hydrogen-bond acceptors (Lipinski definition) is 3. The first-order valence-corrected chi connectivity index (χ1v) is 4.40. The first-order chi connectivity index (χ1) is 6.22. The molecule has 0 saturated heterocycles. The van der Waals surface area contributed by atoms with Crippen LogP contribution < -0.4 is 0 Å². The minimum Gasteiger partial charge on any atom is -0.247 e. The van der Waals surface area contributed by atoms with Crippen LogP contribution in [0.1, 0.15) is 5.56 Å². The van der Waals surface area contributed by atoms with E-state index in [1.807, 2.05) is 7.05 Å². The van der Waals surface area contributed by atoms with Crippen molar-refractivity contribution in [2.45, 2.75) is 0 Å². The number of nitrogens with zero attached hydrogens (tertiary/aromatic N) is 4. The van der Waals surface area contributed by atoms with Crippen LogP contribution in [0.15, 0.2) is 16.6 Å². The summed E-state index contributed by atoms with van der Waals surface area (Å²) in [6.45, 7) is 0. The Balaban J connectivity index is 2.89. The molecular weight excluding hydrogens is 232 g/mol. The molecule has 0 aliphatic heterocycles. The van der Waals surface area contributed by atoms with Crippen molar-refractivity contribution in [3.63, 3.8) is 0 Å². The summed E-state index contributed by atoms with van der Waals surface area (Å²) in [5.74, 6) is 0. The van der Waals surface area contributed by atoms with Crippen LogP contribution in [0, 0.1) is 11.3 Å². The van der Waals surface area contributed by atoms with Gasteiger partial charge in [0.05, 0.1) is 11.6 Å². The van der Waals surface area contributed by atoms with E-state index < -0.39 is 0 Å². The third kappa shape index (κ3) is 1.19. The Hall–Kier alpha value is -1.41. The minimum absolute atomic E-state index is 0.583. The summed E-state index contributed by atoms with van der Waals surface area (Å²) < 4.78 is 2.51. The van der Waals surface area contributed by atoms with E-state index in [1.165, 1.54) is 0 Å². The molecule has 1 aromatic carbocycles. The van der Waals surface area contributed by atoms with Crippen LogP contribution in [0.2, 0.25) is 0 Å². The molecule has 0 fully saturated rings. The van der Waals surface area contributed by atoms with Gasteiger partial charge in [0.1, 0.15) is 11.0 Å². The summed E-state index contributed by atoms with van der Waals surface area (Å²) in [6, 6.07) is 5.53. The molecule has 0 aliphatic rings. The molecule has 0 radical (unpaired) electrons. The highest BCUT2D eigenvalue weighted by atomic mass is 79.9. The molecule has 1 heterocycles. The van der Waals surface area contributed by atoms with Crippen molar-refractivity contribution in [2.75, 3.05) is 0 Å². The molecule has 2 aromatic rings. The summed E-state index contributed by atoms with van der Waals surface area (Å²) in [4.78, 5) is 0. The van der Waals surface area contributed by atoms with Crippen molar-refractivity contribution in [1.82, 2.24) is 15.0 Å². The molecular formula is C8H5BrN4. The quantitative estimate of drug-likeness (QED) is 0.699. The second kappa shape index (κ2) is 2.82. The van der Waals surface area contributed by atoms with Crippen LogP contribution in [-0.2, 0) is 7.05 Å². The lowest BCUT2D eigenvalue weighted by molar-refractivity contribution is 0.735. The lowest BCUT2D eigenvalue weighted by atomic mass is 10.2. The van der Waals surface area contributed by atoms with Crippen molar-refractivity contribution < 1.29 is 0 Å². The molecule has 2 rings (SSSR count). The second-order valence-electron chi connectivity index (χ2n) is 2.65. The monoisotopic (exact) mass is 236 g/mol. The van der Waals surface area contributed by atoms with Gasteiger partial charge in [0.25, 0.3) is 0 Å². The van der Waals surface area contributed by atoms with Gasteiger partial charge in [-0.3, -0.25) is 0 Å². The van der Waals surface area contributed by atoms with E-state index in [-0.39, 0.29) is 0 Å². The highest BCUT2D eigenvalue weighted by molar-refractivity contribution is 9.10. The Morgan fingerprint density at radius 2 is 2.31 bits per heavy atom. The molecule has 1 aromatic heterocycles. The normalized spacial score (nSPS) is 10.2. The number of aryl methyl sites for hydroxylation is 1. The number of hydrogen-bond donors (Lipinski definition) is 0. The SMILES string of the molecule is Cn1nnc2cc(C#N)cc(Br)c21. The smallest absolute Gasteiger partial charge is 0.115 e. The van der Waals surface area contributed by atoms with Gasteiger partial charge in [-0.05, 0) is 28.1 Å². The van der Waals surface area contributed by atoms with Gasteiger partial charge in [0, 0.05) is 11.5 Å². The maximum absolute atomic E-state index is 8.70. The lowest BCUT2D eigenvalue weighted by Crippen LogP contribution is -1.90. The van der Waals surface area contributed by atoms with Crippen molar-refractivity contribution in [2.24, 2.45) is 7.05 Å². The predicted octanol–water partition coefficient (Wildman–Crippen LogP) is 1.60. The summed E-state index contributed by atoms with van der Waals surface area (Å²) in [5.41, 5.74) is 2.22. The van der Waals surface area contributed by atoms with Gasteiger partial charge in [-0.25, -0.2) is 4.68 Å². The van der Waals surface area contributed by atoms with Gasteiger partial charge in [0.15, 0.2) is 0 Å². The third-order valence-electron chi connectivity index (χ3n) is 1.78. The molecule has 0 unspecified atom stereocenters. The zero-order valence-corrected chi connectivity index (χ0v) is 8.41. The van der Waals surface area contributed by atoms with Gasteiger partial charge in [0.2, 0.25) is 0 Å². The molecule has 0 saturated carbocycles. The molecule has 5 heteroatoms. The van der Waals surface area contributed by atoms with Crippen molar-refractivity contribution in [1.29, 1.82) is 5.26 Å². The molecule has 4 nitrogen and oxygen atoms in total. The molecule has 0 bridgehead atoms. The van der Waals surface area contributed by atoms with Crippen molar-refractivity contribution >= 4 is 27.0 Å². The number of halogens is 1. The Labute approximate surface area is 82.9 Å². The fraction of sp³-hybridized carbons (Fsp3) is 0.125. The molecule has 0 amide bonds. The fourth-order valence-corrected chi connectivity index (χ4v) is 1.91. The van der Waals surface area contributed by atoms with Gasteiger partial charge in [-0.15, -0.1) is 5.10 Å². The molecule has 0 N–H and O–H groups in total. The Morgan fingerprint density at radius 3 is 3.00 bits per heavy atom. The van der Waals surface area contributed by atoms with Crippen LogP contribution in [0.25, 0.3) is 11.0 Å². The van der Waals surface area contributed by atoms with Crippen molar-refractivity contribution in [3.8, 4) is 6.07 Å². The Kier molecular flexibility index (Phi) is 1.78. The number of aromatic nitrogens is 3. The van der Waals surface area contributed by atoms with Crippen molar-refractivity contribution in [3.05, 3.63) is 22.2 Å². The van der Waals surface area contributed by atoms with Gasteiger partial charge in [-0.2, -0.15) is 5.26 Å². The van der Waals surface area contributed by atoms with E-state index in [4.69, 9.17) is 5.26 Å². The largest absolute Gasteiger partial charge is 0.247 e. The maximum Gasteiger partial charge on any atom is 0.115 e. The fourth-order valence-electron chi connectivity index (χ4n) is 1.21. The van der Waals surface area contributed by atoms with E-state index in [2.05, 4.69) is 32.3 Å². The van der Waals surface area contributed by atoms with Gasteiger partial charge >= 0.3 is 0 Å². The van der Waals surface area contributed by atoms with Crippen LogP contribution in [0.4, 0.5) is 0 Å². The molecule has 0 aliphatic carbocycles. The standard InChI is InChI=1S/C8H5BrN4/c1-13-8-6(9)2-5(4-10)3-7(8)11-12-13/h2-3H,1H3. The van der Waals surface area contributed by atoms with Crippen LogP contribution >= 0.6 is 15.9 Å².